The third kappa shape index (κ3) is 1.12. The van der Waals surface area contributed by atoms with Crippen LogP contribution in [-0.2, 0) is 0 Å². The van der Waals surface area contributed by atoms with Crippen molar-refractivity contribution in [2.24, 2.45) is 11.7 Å². The van der Waals surface area contributed by atoms with Gasteiger partial charge in [0, 0.05) is 24.0 Å². The Kier molecular flexibility index (Phi) is 1.39. The molecule has 2 rings (SSSR count). The number of aromatic amines is 1. The molecule has 11 heavy (non-hydrogen) atoms. The lowest BCUT2D eigenvalue weighted by atomic mass is 10.1. The highest BCUT2D eigenvalue weighted by atomic mass is 14.8. The fourth-order valence-electron chi connectivity index (χ4n) is 1.39. The second-order valence-corrected chi connectivity index (χ2v) is 3.23. The Morgan fingerprint density at radius 3 is 2.64 bits per heavy atom. The summed E-state index contributed by atoms with van der Waals surface area (Å²) in [7, 11) is 0. The average molecular weight is 151 g/mol. The molecule has 0 saturated heterocycles. The Morgan fingerprint density at radius 2 is 2.18 bits per heavy atom. The van der Waals surface area contributed by atoms with Gasteiger partial charge in [0.2, 0.25) is 0 Å². The van der Waals surface area contributed by atoms with Gasteiger partial charge < -0.3 is 16.5 Å². The standard InChI is InChI=1S/C8H13N3/c9-7-4-11-3-6(7)8(10)5-1-2-5/h3-5,8,11H,1-2,9-10H2/t8-/m0/s1. The topological polar surface area (TPSA) is 67.8 Å². The van der Waals surface area contributed by atoms with Gasteiger partial charge in [-0.15, -0.1) is 0 Å². The van der Waals surface area contributed by atoms with Gasteiger partial charge in [-0.2, -0.15) is 0 Å². The summed E-state index contributed by atoms with van der Waals surface area (Å²) in [6, 6.07) is 0.154. The zero-order valence-electron chi connectivity index (χ0n) is 6.38. The molecule has 0 aromatic carbocycles. The zero-order chi connectivity index (χ0) is 7.84. The minimum absolute atomic E-state index is 0.154. The van der Waals surface area contributed by atoms with Crippen LogP contribution in [0, 0.1) is 5.92 Å². The van der Waals surface area contributed by atoms with Crippen LogP contribution in [-0.4, -0.2) is 4.98 Å². The summed E-state index contributed by atoms with van der Waals surface area (Å²) in [5.74, 6) is 0.674. The van der Waals surface area contributed by atoms with Crippen molar-refractivity contribution < 1.29 is 0 Å². The number of nitrogen functional groups attached to an aromatic ring is 1. The summed E-state index contributed by atoms with van der Waals surface area (Å²) >= 11 is 0. The van der Waals surface area contributed by atoms with E-state index >= 15 is 0 Å². The molecular formula is C8H13N3. The molecule has 5 N–H and O–H groups in total. The van der Waals surface area contributed by atoms with Gasteiger partial charge in [0.15, 0.2) is 0 Å². The van der Waals surface area contributed by atoms with E-state index in [0.29, 0.717) is 5.92 Å². The van der Waals surface area contributed by atoms with Gasteiger partial charge >= 0.3 is 0 Å². The summed E-state index contributed by atoms with van der Waals surface area (Å²) in [5.41, 5.74) is 13.5. The molecule has 1 saturated carbocycles. The minimum Gasteiger partial charge on any atom is -0.397 e. The largest absolute Gasteiger partial charge is 0.397 e. The van der Waals surface area contributed by atoms with E-state index in [1.54, 1.807) is 6.20 Å². The number of hydrogen-bond donors (Lipinski definition) is 3. The Bertz CT molecular complexity index is 250. The Labute approximate surface area is 65.8 Å². The van der Waals surface area contributed by atoms with Crippen molar-refractivity contribution in [2.45, 2.75) is 18.9 Å². The van der Waals surface area contributed by atoms with E-state index in [-0.39, 0.29) is 6.04 Å². The van der Waals surface area contributed by atoms with Crippen LogP contribution in [0.1, 0.15) is 24.4 Å². The highest BCUT2D eigenvalue weighted by molar-refractivity contribution is 5.46. The molecule has 0 unspecified atom stereocenters. The van der Waals surface area contributed by atoms with Crippen molar-refractivity contribution >= 4 is 5.69 Å². The maximum atomic E-state index is 5.95. The minimum atomic E-state index is 0.154. The van der Waals surface area contributed by atoms with Crippen LogP contribution in [0.4, 0.5) is 5.69 Å². The summed E-state index contributed by atoms with van der Waals surface area (Å²) < 4.78 is 0. The molecule has 0 spiro atoms. The van der Waals surface area contributed by atoms with E-state index < -0.39 is 0 Å². The Hall–Kier alpha value is -0.960. The molecule has 3 nitrogen and oxygen atoms in total. The molecule has 60 valence electrons. The van der Waals surface area contributed by atoms with Gasteiger partial charge in [0.1, 0.15) is 0 Å². The number of nitrogens with one attached hydrogen (secondary N) is 1. The fraction of sp³-hybridized carbons (Fsp3) is 0.500. The van der Waals surface area contributed by atoms with Crippen LogP contribution >= 0.6 is 0 Å². The summed E-state index contributed by atoms with van der Waals surface area (Å²) in [4.78, 5) is 2.96. The second-order valence-electron chi connectivity index (χ2n) is 3.23. The van der Waals surface area contributed by atoms with Crippen LogP contribution in [0.3, 0.4) is 0 Å². The highest BCUT2D eigenvalue weighted by Gasteiger charge is 2.30. The molecule has 0 aliphatic heterocycles. The lowest BCUT2D eigenvalue weighted by molar-refractivity contribution is 0.636. The van der Waals surface area contributed by atoms with Gasteiger partial charge in [-0.1, -0.05) is 0 Å². The van der Waals surface area contributed by atoms with E-state index in [2.05, 4.69) is 4.98 Å². The number of H-pyrrole nitrogens is 1. The number of nitrogens with two attached hydrogens (primary N) is 2. The maximum Gasteiger partial charge on any atom is 0.0540 e. The molecule has 3 heteroatoms. The van der Waals surface area contributed by atoms with E-state index in [0.717, 1.165) is 11.3 Å². The monoisotopic (exact) mass is 151 g/mol. The van der Waals surface area contributed by atoms with Crippen molar-refractivity contribution in [2.75, 3.05) is 5.73 Å². The first-order valence-electron chi connectivity index (χ1n) is 3.97. The third-order valence-electron chi connectivity index (χ3n) is 2.30. The number of hydrogen-bond acceptors (Lipinski definition) is 2. The molecule has 0 bridgehead atoms. The predicted octanol–water partition coefficient (Wildman–Crippen LogP) is 1.01. The van der Waals surface area contributed by atoms with Crippen LogP contribution in [0.15, 0.2) is 12.4 Å². The summed E-state index contributed by atoms with van der Waals surface area (Å²) in [5, 5.41) is 0. The van der Waals surface area contributed by atoms with Gasteiger partial charge in [-0.3, -0.25) is 0 Å². The highest BCUT2D eigenvalue weighted by Crippen LogP contribution is 2.40. The maximum absolute atomic E-state index is 5.95. The van der Waals surface area contributed by atoms with Crippen LogP contribution in [0.25, 0.3) is 0 Å². The summed E-state index contributed by atoms with van der Waals surface area (Å²) in [6.07, 6.45) is 6.20. The number of rotatable bonds is 2. The molecule has 1 heterocycles. The van der Waals surface area contributed by atoms with E-state index in [1.165, 1.54) is 12.8 Å². The molecule has 1 aliphatic rings. The molecule has 1 aromatic rings. The molecular weight excluding hydrogens is 138 g/mol. The van der Waals surface area contributed by atoms with Crippen LogP contribution in [0.2, 0.25) is 0 Å². The molecule has 1 aliphatic carbocycles. The summed E-state index contributed by atoms with van der Waals surface area (Å²) in [6.45, 7) is 0. The molecule has 1 fully saturated rings. The van der Waals surface area contributed by atoms with Gasteiger partial charge in [0.05, 0.1) is 5.69 Å². The second kappa shape index (κ2) is 2.27. The number of anilines is 1. The third-order valence-corrected chi connectivity index (χ3v) is 2.30. The quantitative estimate of drug-likeness (QED) is 0.590. The predicted molar refractivity (Wildman–Crippen MR) is 44.9 cm³/mol. The van der Waals surface area contributed by atoms with Gasteiger partial charge in [0.25, 0.3) is 0 Å². The van der Waals surface area contributed by atoms with Crippen molar-refractivity contribution in [3.63, 3.8) is 0 Å². The fourth-order valence-corrected chi connectivity index (χ4v) is 1.39. The van der Waals surface area contributed by atoms with Crippen molar-refractivity contribution in [3.05, 3.63) is 18.0 Å². The van der Waals surface area contributed by atoms with Crippen LogP contribution in [0.5, 0.6) is 0 Å². The van der Waals surface area contributed by atoms with Crippen molar-refractivity contribution in [1.29, 1.82) is 0 Å². The first-order chi connectivity index (χ1) is 5.29. The van der Waals surface area contributed by atoms with E-state index in [1.807, 2.05) is 6.20 Å². The lowest BCUT2D eigenvalue weighted by Crippen LogP contribution is -2.12. The van der Waals surface area contributed by atoms with Gasteiger partial charge in [-0.25, -0.2) is 0 Å². The molecule has 1 aromatic heterocycles. The van der Waals surface area contributed by atoms with Crippen molar-refractivity contribution in [3.8, 4) is 0 Å². The average Bonchev–Trinajstić information content (AvgIpc) is 2.74. The smallest absolute Gasteiger partial charge is 0.0540 e. The first kappa shape index (κ1) is 6.73. The first-order valence-corrected chi connectivity index (χ1v) is 3.97. The SMILES string of the molecule is Nc1c[nH]cc1[C@@H](N)C1CC1. The number of aromatic nitrogens is 1. The lowest BCUT2D eigenvalue weighted by Gasteiger charge is -2.08. The molecule has 1 atom stereocenters. The van der Waals surface area contributed by atoms with Crippen molar-refractivity contribution in [1.82, 2.24) is 4.98 Å². The molecule has 0 amide bonds. The molecule has 0 radical (unpaired) electrons. The zero-order valence-corrected chi connectivity index (χ0v) is 6.38. The van der Waals surface area contributed by atoms with Crippen LogP contribution < -0.4 is 11.5 Å². The van der Waals surface area contributed by atoms with Gasteiger partial charge in [-0.05, 0) is 18.8 Å². The Morgan fingerprint density at radius 1 is 1.45 bits per heavy atom. The normalized spacial score (nSPS) is 20.1. The van der Waals surface area contributed by atoms with E-state index in [4.69, 9.17) is 11.5 Å². The Balaban J connectivity index is 2.20. The van der Waals surface area contributed by atoms with E-state index in [9.17, 15) is 0 Å².